The molecule has 2 aromatic rings. The Kier molecular flexibility index (Phi) is 5.16. The number of nitrogens with one attached hydrogen (secondary N) is 2. The Morgan fingerprint density at radius 2 is 1.86 bits per heavy atom. The largest absolute Gasteiger partial charge is 0.418 e. The van der Waals surface area contributed by atoms with E-state index in [4.69, 9.17) is 5.73 Å². The number of aromatic nitrogens is 1. The number of hydrogen-bond acceptors (Lipinski definition) is 4. The zero-order chi connectivity index (χ0) is 21.4. The molecule has 1 aliphatic rings. The molecule has 154 valence electrons. The maximum Gasteiger partial charge on any atom is 0.418 e. The highest BCUT2D eigenvalue weighted by Crippen LogP contribution is 2.45. The van der Waals surface area contributed by atoms with Gasteiger partial charge in [-0.25, -0.2) is 8.78 Å². The van der Waals surface area contributed by atoms with Gasteiger partial charge in [-0.1, -0.05) is 0 Å². The van der Waals surface area contributed by atoms with Crippen molar-refractivity contribution in [3.8, 4) is 0 Å². The third kappa shape index (κ3) is 4.28. The molecule has 6 nitrogen and oxygen atoms in total. The van der Waals surface area contributed by atoms with E-state index >= 15 is 0 Å². The second-order valence-electron chi connectivity index (χ2n) is 6.59. The maximum atomic E-state index is 14.2. The molecular weight excluding hydrogens is 399 g/mol. The topological polar surface area (TPSA) is 97.1 Å². The van der Waals surface area contributed by atoms with Gasteiger partial charge in [-0.05, 0) is 31.0 Å². The minimum absolute atomic E-state index is 0.106. The highest BCUT2D eigenvalue weighted by Gasteiger charge is 2.55. The predicted molar refractivity (Wildman–Crippen MR) is 91.6 cm³/mol. The molecule has 11 heteroatoms. The molecule has 0 radical (unpaired) electrons. The van der Waals surface area contributed by atoms with E-state index in [-0.39, 0.29) is 17.9 Å². The summed E-state index contributed by atoms with van der Waals surface area (Å²) in [7, 11) is 0. The van der Waals surface area contributed by atoms with Gasteiger partial charge in [-0.15, -0.1) is 0 Å². The van der Waals surface area contributed by atoms with E-state index in [0.717, 1.165) is 24.4 Å². The average molecular weight is 414 g/mol. The quantitative estimate of drug-likeness (QED) is 0.500. The zero-order valence-corrected chi connectivity index (χ0v) is 14.7. The smallest absolute Gasteiger partial charge is 0.369 e. The minimum Gasteiger partial charge on any atom is -0.369 e. The van der Waals surface area contributed by atoms with Crippen molar-refractivity contribution in [1.29, 1.82) is 0 Å². The fourth-order valence-electron chi connectivity index (χ4n) is 2.72. The van der Waals surface area contributed by atoms with Gasteiger partial charge in [0.2, 0.25) is 11.8 Å². The number of alkyl halides is 3. The van der Waals surface area contributed by atoms with E-state index in [2.05, 4.69) is 15.6 Å². The zero-order valence-electron chi connectivity index (χ0n) is 14.7. The van der Waals surface area contributed by atoms with Crippen molar-refractivity contribution in [3.63, 3.8) is 0 Å². The van der Waals surface area contributed by atoms with Crippen LogP contribution in [0.2, 0.25) is 0 Å². The second-order valence-corrected chi connectivity index (χ2v) is 6.59. The van der Waals surface area contributed by atoms with Crippen LogP contribution in [0.25, 0.3) is 0 Å². The first-order chi connectivity index (χ1) is 13.5. The second kappa shape index (κ2) is 7.30. The number of hydrogen-bond donors (Lipinski definition) is 3. The molecule has 0 unspecified atom stereocenters. The van der Waals surface area contributed by atoms with Gasteiger partial charge in [0.15, 0.2) is 0 Å². The van der Waals surface area contributed by atoms with E-state index in [1.807, 2.05) is 0 Å². The molecule has 0 atom stereocenters. The molecule has 29 heavy (non-hydrogen) atoms. The standard InChI is InChI=1S/C18H15F5N4O2/c19-9-1-2-13(11(5-9)18(21,22)23)27-10-6-12(20)14(25-7-10)8-26-16(29)17(3-4-17)15(24)28/h1-2,5-7,27H,3-4,8H2,(H2,24,28)(H,26,29). The van der Waals surface area contributed by atoms with Crippen molar-refractivity contribution in [2.24, 2.45) is 11.1 Å². The van der Waals surface area contributed by atoms with Crippen molar-refractivity contribution in [2.75, 3.05) is 5.32 Å². The van der Waals surface area contributed by atoms with Crippen LogP contribution < -0.4 is 16.4 Å². The average Bonchev–Trinajstić information content (AvgIpc) is 3.43. The molecule has 1 aromatic heterocycles. The number of amides is 2. The molecular formula is C18H15F5N4O2. The number of halogens is 5. The van der Waals surface area contributed by atoms with Crippen molar-refractivity contribution in [2.45, 2.75) is 25.6 Å². The number of nitrogens with two attached hydrogens (primary N) is 1. The van der Waals surface area contributed by atoms with Crippen LogP contribution in [0.1, 0.15) is 24.1 Å². The number of nitrogens with zero attached hydrogens (tertiary/aromatic N) is 1. The van der Waals surface area contributed by atoms with Gasteiger partial charge < -0.3 is 16.4 Å². The van der Waals surface area contributed by atoms with Crippen LogP contribution in [0.15, 0.2) is 30.5 Å². The number of benzene rings is 1. The molecule has 0 spiro atoms. The highest BCUT2D eigenvalue weighted by atomic mass is 19.4. The Labute approximate surface area is 161 Å². The summed E-state index contributed by atoms with van der Waals surface area (Å²) >= 11 is 0. The van der Waals surface area contributed by atoms with Gasteiger partial charge in [0.1, 0.15) is 17.0 Å². The van der Waals surface area contributed by atoms with Crippen LogP contribution in [0.3, 0.4) is 0 Å². The Morgan fingerprint density at radius 1 is 1.17 bits per heavy atom. The van der Waals surface area contributed by atoms with Crippen LogP contribution >= 0.6 is 0 Å². The molecule has 3 rings (SSSR count). The SMILES string of the molecule is NC(=O)C1(C(=O)NCc2ncc(Nc3ccc(F)cc3C(F)(F)F)cc2F)CC1. The summed E-state index contributed by atoms with van der Waals surface area (Å²) in [6.45, 7) is -0.329. The Balaban J connectivity index is 1.72. The van der Waals surface area contributed by atoms with Gasteiger partial charge in [-0.2, -0.15) is 13.2 Å². The van der Waals surface area contributed by atoms with E-state index in [1.54, 1.807) is 0 Å². The van der Waals surface area contributed by atoms with Gasteiger partial charge in [0.25, 0.3) is 0 Å². The summed E-state index contributed by atoms with van der Waals surface area (Å²) in [5.41, 5.74) is 1.89. The maximum absolute atomic E-state index is 14.2. The van der Waals surface area contributed by atoms with E-state index in [9.17, 15) is 31.5 Å². The summed E-state index contributed by atoms with van der Waals surface area (Å²) in [6.07, 6.45) is -3.13. The first kappa shape index (κ1) is 20.5. The van der Waals surface area contributed by atoms with Crippen LogP contribution in [-0.2, 0) is 22.3 Å². The van der Waals surface area contributed by atoms with Crippen LogP contribution in [0.5, 0.6) is 0 Å². The fraction of sp³-hybridized carbons (Fsp3) is 0.278. The summed E-state index contributed by atoms with van der Waals surface area (Å²) in [4.78, 5) is 27.1. The van der Waals surface area contributed by atoms with E-state index in [1.165, 1.54) is 0 Å². The van der Waals surface area contributed by atoms with Crippen molar-refractivity contribution < 1.29 is 31.5 Å². The molecule has 4 N–H and O–H groups in total. The van der Waals surface area contributed by atoms with E-state index < -0.39 is 46.3 Å². The molecule has 2 amide bonds. The normalized spacial score (nSPS) is 14.9. The number of pyridine rings is 1. The number of rotatable bonds is 6. The van der Waals surface area contributed by atoms with Gasteiger partial charge in [-0.3, -0.25) is 14.6 Å². The minimum atomic E-state index is -4.82. The lowest BCUT2D eigenvalue weighted by molar-refractivity contribution is -0.137. The summed E-state index contributed by atoms with van der Waals surface area (Å²) in [6, 6.07) is 2.92. The third-order valence-electron chi connectivity index (χ3n) is 4.56. The van der Waals surface area contributed by atoms with Crippen LogP contribution in [0, 0.1) is 17.0 Å². The van der Waals surface area contributed by atoms with Gasteiger partial charge in [0.05, 0.1) is 35.4 Å². The lowest BCUT2D eigenvalue weighted by atomic mass is 10.1. The van der Waals surface area contributed by atoms with E-state index in [0.29, 0.717) is 18.9 Å². The number of carbonyl (C=O) groups is 2. The Bertz CT molecular complexity index is 973. The number of carbonyl (C=O) groups excluding carboxylic acids is 2. The highest BCUT2D eigenvalue weighted by molar-refractivity contribution is 6.07. The predicted octanol–water partition coefficient (Wildman–Crippen LogP) is 3.00. The number of primary amides is 1. The van der Waals surface area contributed by atoms with Crippen molar-refractivity contribution in [3.05, 3.63) is 53.4 Å². The van der Waals surface area contributed by atoms with Gasteiger partial charge in [0, 0.05) is 6.07 Å². The monoisotopic (exact) mass is 414 g/mol. The molecule has 0 bridgehead atoms. The number of anilines is 2. The first-order valence-electron chi connectivity index (χ1n) is 8.39. The molecule has 1 fully saturated rings. The fourth-order valence-corrected chi connectivity index (χ4v) is 2.72. The summed E-state index contributed by atoms with van der Waals surface area (Å²) in [5, 5.41) is 4.73. The van der Waals surface area contributed by atoms with Crippen LogP contribution in [-0.4, -0.2) is 16.8 Å². The van der Waals surface area contributed by atoms with Gasteiger partial charge >= 0.3 is 6.18 Å². The summed E-state index contributed by atoms with van der Waals surface area (Å²) in [5.74, 6) is -3.35. The molecule has 0 aliphatic heterocycles. The van der Waals surface area contributed by atoms with Crippen LogP contribution in [0.4, 0.5) is 33.3 Å². The Hall–Kier alpha value is -3.24. The molecule has 1 saturated carbocycles. The summed E-state index contributed by atoms with van der Waals surface area (Å²) < 4.78 is 66.5. The third-order valence-corrected chi connectivity index (χ3v) is 4.56. The Morgan fingerprint density at radius 3 is 2.41 bits per heavy atom. The lowest BCUT2D eigenvalue weighted by Crippen LogP contribution is -2.40. The van der Waals surface area contributed by atoms with Crippen molar-refractivity contribution in [1.82, 2.24) is 10.3 Å². The lowest BCUT2D eigenvalue weighted by Gasteiger charge is -2.15. The molecule has 1 aromatic carbocycles. The molecule has 1 heterocycles. The molecule has 0 saturated heterocycles. The molecule has 1 aliphatic carbocycles. The van der Waals surface area contributed by atoms with Crippen molar-refractivity contribution >= 4 is 23.2 Å². The first-order valence-corrected chi connectivity index (χ1v) is 8.39.